The number of aryl methyl sites for hydroxylation is 1. The Balaban J connectivity index is 2.04. The summed E-state index contributed by atoms with van der Waals surface area (Å²) < 4.78 is 13.5. The summed E-state index contributed by atoms with van der Waals surface area (Å²) in [5.74, 6) is 0.520. The van der Waals surface area contributed by atoms with E-state index in [-0.39, 0.29) is 11.2 Å². The van der Waals surface area contributed by atoms with Gasteiger partial charge < -0.3 is 10.6 Å². The highest BCUT2D eigenvalue weighted by Gasteiger charge is 2.21. The van der Waals surface area contributed by atoms with Crippen LogP contribution in [0.5, 0.6) is 0 Å². The van der Waals surface area contributed by atoms with E-state index in [2.05, 4.69) is 34.5 Å². The molecule has 25 heavy (non-hydrogen) atoms. The minimum absolute atomic E-state index is 0.211. The number of benzene rings is 1. The van der Waals surface area contributed by atoms with Crippen molar-refractivity contribution in [1.82, 2.24) is 15.6 Å². The van der Waals surface area contributed by atoms with E-state index in [4.69, 9.17) is 0 Å². The summed E-state index contributed by atoms with van der Waals surface area (Å²) in [6, 6.07) is 12.7. The van der Waals surface area contributed by atoms with Crippen molar-refractivity contribution in [2.24, 2.45) is 4.99 Å². The summed E-state index contributed by atoms with van der Waals surface area (Å²) in [5.41, 5.74) is 2.65. The topological polar surface area (TPSA) is 49.3 Å². The number of rotatable bonds is 6. The average molecular weight is 342 g/mol. The highest BCUT2D eigenvalue weighted by atomic mass is 19.1. The number of aliphatic imine (C=N–C) groups is 1. The van der Waals surface area contributed by atoms with E-state index in [1.165, 1.54) is 6.07 Å². The number of guanidine groups is 1. The normalized spacial score (nSPS) is 12.1. The minimum Gasteiger partial charge on any atom is -0.357 e. The lowest BCUT2D eigenvalue weighted by molar-refractivity contribution is 0.503. The lowest BCUT2D eigenvalue weighted by Crippen LogP contribution is -2.43. The molecule has 0 aliphatic carbocycles. The fourth-order valence-electron chi connectivity index (χ4n) is 2.51. The van der Waals surface area contributed by atoms with Crippen molar-refractivity contribution in [3.63, 3.8) is 0 Å². The van der Waals surface area contributed by atoms with Crippen LogP contribution < -0.4 is 10.6 Å². The van der Waals surface area contributed by atoms with Crippen molar-refractivity contribution in [3.8, 4) is 0 Å². The standard InChI is InChI=1S/C20H27FN4/c1-5-22-19(23-13-18-11-6-8-15(2)25-18)24-14-20(3,4)16-9-7-10-17(21)12-16/h6-12H,5,13-14H2,1-4H3,(H2,22,23,24). The second kappa shape index (κ2) is 8.60. The van der Waals surface area contributed by atoms with Gasteiger partial charge in [0.2, 0.25) is 0 Å². The van der Waals surface area contributed by atoms with Gasteiger partial charge in [-0.2, -0.15) is 0 Å². The molecule has 0 amide bonds. The van der Waals surface area contributed by atoms with E-state index in [9.17, 15) is 4.39 Å². The fourth-order valence-corrected chi connectivity index (χ4v) is 2.51. The van der Waals surface area contributed by atoms with Crippen molar-refractivity contribution >= 4 is 5.96 Å². The lowest BCUT2D eigenvalue weighted by atomic mass is 9.84. The molecule has 0 atom stereocenters. The highest BCUT2D eigenvalue weighted by molar-refractivity contribution is 5.79. The number of aromatic nitrogens is 1. The number of hydrogen-bond acceptors (Lipinski definition) is 2. The van der Waals surface area contributed by atoms with Gasteiger partial charge in [0.05, 0.1) is 12.2 Å². The molecule has 2 aromatic rings. The molecule has 4 nitrogen and oxygen atoms in total. The van der Waals surface area contributed by atoms with Gasteiger partial charge in [0, 0.05) is 24.2 Å². The molecular formula is C20H27FN4. The van der Waals surface area contributed by atoms with Crippen LogP contribution in [-0.4, -0.2) is 24.0 Å². The Morgan fingerprint density at radius 1 is 1.16 bits per heavy atom. The first kappa shape index (κ1) is 18.9. The van der Waals surface area contributed by atoms with Crippen LogP contribution >= 0.6 is 0 Å². The van der Waals surface area contributed by atoms with Gasteiger partial charge in [0.1, 0.15) is 5.82 Å². The molecule has 0 aliphatic heterocycles. The first-order chi connectivity index (χ1) is 11.9. The average Bonchev–Trinajstić information content (AvgIpc) is 2.57. The van der Waals surface area contributed by atoms with E-state index in [1.807, 2.05) is 38.1 Å². The summed E-state index contributed by atoms with van der Waals surface area (Å²) in [5, 5.41) is 6.59. The molecule has 0 radical (unpaired) electrons. The smallest absolute Gasteiger partial charge is 0.191 e. The van der Waals surface area contributed by atoms with Gasteiger partial charge in [-0.3, -0.25) is 4.98 Å². The van der Waals surface area contributed by atoms with E-state index >= 15 is 0 Å². The molecule has 0 unspecified atom stereocenters. The van der Waals surface area contributed by atoms with E-state index in [1.54, 1.807) is 12.1 Å². The van der Waals surface area contributed by atoms with Gasteiger partial charge in [-0.05, 0) is 43.7 Å². The third kappa shape index (κ3) is 5.85. The maximum absolute atomic E-state index is 13.5. The van der Waals surface area contributed by atoms with Gasteiger partial charge in [-0.15, -0.1) is 0 Å². The van der Waals surface area contributed by atoms with Crippen LogP contribution in [0.1, 0.15) is 37.7 Å². The van der Waals surface area contributed by atoms with Crippen molar-refractivity contribution in [2.75, 3.05) is 13.1 Å². The van der Waals surface area contributed by atoms with Crippen LogP contribution in [-0.2, 0) is 12.0 Å². The van der Waals surface area contributed by atoms with Crippen molar-refractivity contribution in [1.29, 1.82) is 0 Å². The van der Waals surface area contributed by atoms with Crippen LogP contribution in [0.4, 0.5) is 4.39 Å². The quantitative estimate of drug-likeness (QED) is 0.623. The van der Waals surface area contributed by atoms with Crippen LogP contribution in [0.25, 0.3) is 0 Å². The molecule has 1 heterocycles. The maximum Gasteiger partial charge on any atom is 0.191 e. The molecule has 1 aromatic carbocycles. The predicted octanol–water partition coefficient (Wildman–Crippen LogP) is 3.56. The first-order valence-corrected chi connectivity index (χ1v) is 8.61. The summed E-state index contributed by atoms with van der Waals surface area (Å²) >= 11 is 0. The Morgan fingerprint density at radius 3 is 2.60 bits per heavy atom. The van der Waals surface area contributed by atoms with Gasteiger partial charge >= 0.3 is 0 Å². The van der Waals surface area contributed by atoms with Gasteiger partial charge in [0.15, 0.2) is 5.96 Å². The summed E-state index contributed by atoms with van der Waals surface area (Å²) in [7, 11) is 0. The van der Waals surface area contributed by atoms with Crippen molar-refractivity contribution in [3.05, 3.63) is 65.2 Å². The third-order valence-electron chi connectivity index (χ3n) is 3.99. The van der Waals surface area contributed by atoms with Crippen LogP contribution in [0.2, 0.25) is 0 Å². The van der Waals surface area contributed by atoms with Crippen LogP contribution in [0, 0.1) is 12.7 Å². The molecule has 0 spiro atoms. The Hall–Kier alpha value is -2.43. The maximum atomic E-state index is 13.5. The number of hydrogen-bond donors (Lipinski definition) is 2. The molecule has 1 aromatic heterocycles. The molecule has 0 aliphatic rings. The molecule has 0 fully saturated rings. The van der Waals surface area contributed by atoms with Crippen LogP contribution in [0.15, 0.2) is 47.5 Å². The summed E-state index contributed by atoms with van der Waals surface area (Å²) in [6.45, 7) is 10.1. The molecule has 0 saturated carbocycles. The number of halogens is 1. The Morgan fingerprint density at radius 2 is 1.92 bits per heavy atom. The molecular weight excluding hydrogens is 315 g/mol. The molecule has 0 bridgehead atoms. The lowest BCUT2D eigenvalue weighted by Gasteiger charge is -2.27. The van der Waals surface area contributed by atoms with Gasteiger partial charge in [0.25, 0.3) is 0 Å². The second-order valence-corrected chi connectivity index (χ2v) is 6.71. The molecule has 5 heteroatoms. The summed E-state index contributed by atoms with van der Waals surface area (Å²) in [6.07, 6.45) is 0. The van der Waals surface area contributed by atoms with Gasteiger partial charge in [-0.25, -0.2) is 9.38 Å². The SMILES string of the molecule is CCNC(=NCc1cccc(C)n1)NCC(C)(C)c1cccc(F)c1. The van der Waals surface area contributed by atoms with E-state index in [0.29, 0.717) is 13.1 Å². The largest absolute Gasteiger partial charge is 0.357 e. The summed E-state index contributed by atoms with van der Waals surface area (Å²) in [4.78, 5) is 9.06. The van der Waals surface area contributed by atoms with Gasteiger partial charge in [-0.1, -0.05) is 32.0 Å². The zero-order valence-electron chi connectivity index (χ0n) is 15.4. The van der Waals surface area contributed by atoms with E-state index < -0.39 is 0 Å². The molecule has 2 N–H and O–H groups in total. The zero-order valence-corrected chi connectivity index (χ0v) is 15.4. The highest BCUT2D eigenvalue weighted by Crippen LogP contribution is 2.22. The molecule has 134 valence electrons. The number of nitrogens with one attached hydrogen (secondary N) is 2. The van der Waals surface area contributed by atoms with Crippen LogP contribution in [0.3, 0.4) is 0 Å². The third-order valence-corrected chi connectivity index (χ3v) is 3.99. The Labute approximate surface area is 149 Å². The monoisotopic (exact) mass is 342 g/mol. The minimum atomic E-state index is -0.222. The van der Waals surface area contributed by atoms with Crippen molar-refractivity contribution < 1.29 is 4.39 Å². The molecule has 0 saturated heterocycles. The van der Waals surface area contributed by atoms with E-state index in [0.717, 1.165) is 29.5 Å². The predicted molar refractivity (Wildman–Crippen MR) is 101 cm³/mol. The zero-order chi connectivity index (χ0) is 18.3. The Bertz CT molecular complexity index is 725. The number of pyridine rings is 1. The number of nitrogens with zero attached hydrogens (tertiary/aromatic N) is 2. The Kier molecular flexibility index (Phi) is 6.51. The van der Waals surface area contributed by atoms with Crippen molar-refractivity contribution in [2.45, 2.75) is 39.7 Å². The first-order valence-electron chi connectivity index (χ1n) is 8.61. The second-order valence-electron chi connectivity index (χ2n) is 6.71. The fraction of sp³-hybridized carbons (Fsp3) is 0.400. The molecule has 2 rings (SSSR count).